The summed E-state index contributed by atoms with van der Waals surface area (Å²) in [5, 5.41) is 9.05. The minimum absolute atomic E-state index is 0.0226. The molecule has 3 N–H and O–H groups in total. The van der Waals surface area contributed by atoms with Crippen LogP contribution >= 0.6 is 0 Å². The van der Waals surface area contributed by atoms with E-state index in [0.29, 0.717) is 11.3 Å². The standard InChI is InChI=1S/C20H23N3O2/c1-14-4-2-5-15(12-14)19(24)22-17-7-9-18(10-8-17)23-20(25)16-6-3-11-21-13-16/h2,4-5,7-10,12,16,21H,3,6,11,13H2,1H3,(H,22,24)(H,23,25). The fourth-order valence-electron chi connectivity index (χ4n) is 2.95. The molecule has 5 heteroatoms. The van der Waals surface area contributed by atoms with E-state index in [9.17, 15) is 9.59 Å². The Morgan fingerprint density at radius 1 is 1.04 bits per heavy atom. The van der Waals surface area contributed by atoms with E-state index in [1.807, 2.05) is 25.1 Å². The largest absolute Gasteiger partial charge is 0.326 e. The average molecular weight is 337 g/mol. The number of carbonyl (C=O) groups is 2. The number of benzene rings is 2. The van der Waals surface area contributed by atoms with Crippen LogP contribution in [0.2, 0.25) is 0 Å². The highest BCUT2D eigenvalue weighted by molar-refractivity contribution is 6.04. The molecular weight excluding hydrogens is 314 g/mol. The van der Waals surface area contributed by atoms with Gasteiger partial charge in [-0.25, -0.2) is 0 Å². The summed E-state index contributed by atoms with van der Waals surface area (Å²) in [7, 11) is 0. The van der Waals surface area contributed by atoms with Gasteiger partial charge in [-0.05, 0) is 62.7 Å². The predicted octanol–water partition coefficient (Wildman–Crippen LogP) is 3.19. The van der Waals surface area contributed by atoms with Gasteiger partial charge in [-0.1, -0.05) is 17.7 Å². The smallest absolute Gasteiger partial charge is 0.255 e. The van der Waals surface area contributed by atoms with E-state index in [-0.39, 0.29) is 17.7 Å². The van der Waals surface area contributed by atoms with E-state index in [1.165, 1.54) is 0 Å². The highest BCUT2D eigenvalue weighted by atomic mass is 16.2. The quantitative estimate of drug-likeness (QED) is 0.802. The van der Waals surface area contributed by atoms with E-state index in [2.05, 4.69) is 16.0 Å². The van der Waals surface area contributed by atoms with Gasteiger partial charge in [0, 0.05) is 23.5 Å². The van der Waals surface area contributed by atoms with Gasteiger partial charge >= 0.3 is 0 Å². The Morgan fingerprint density at radius 2 is 1.76 bits per heavy atom. The van der Waals surface area contributed by atoms with Crippen molar-refractivity contribution in [3.63, 3.8) is 0 Å². The zero-order valence-electron chi connectivity index (χ0n) is 14.3. The molecule has 2 aromatic rings. The van der Waals surface area contributed by atoms with E-state index in [1.54, 1.807) is 30.3 Å². The number of hydrogen-bond acceptors (Lipinski definition) is 3. The molecule has 130 valence electrons. The third-order valence-corrected chi connectivity index (χ3v) is 4.36. The highest BCUT2D eigenvalue weighted by Crippen LogP contribution is 2.17. The predicted molar refractivity (Wildman–Crippen MR) is 99.8 cm³/mol. The second kappa shape index (κ2) is 7.94. The third kappa shape index (κ3) is 4.67. The average Bonchev–Trinajstić information content (AvgIpc) is 2.64. The minimum Gasteiger partial charge on any atom is -0.326 e. The van der Waals surface area contributed by atoms with Crippen LogP contribution in [0, 0.1) is 12.8 Å². The Labute approximate surface area is 147 Å². The van der Waals surface area contributed by atoms with Crippen LogP contribution in [-0.4, -0.2) is 24.9 Å². The number of hydrogen-bond donors (Lipinski definition) is 3. The van der Waals surface area contributed by atoms with Crippen LogP contribution in [0.4, 0.5) is 11.4 Å². The summed E-state index contributed by atoms with van der Waals surface area (Å²) in [4.78, 5) is 24.5. The summed E-state index contributed by atoms with van der Waals surface area (Å²) in [6.45, 7) is 3.67. The van der Waals surface area contributed by atoms with Crippen molar-refractivity contribution in [2.24, 2.45) is 5.92 Å². The van der Waals surface area contributed by atoms with E-state index in [0.717, 1.165) is 37.2 Å². The molecule has 1 fully saturated rings. The van der Waals surface area contributed by atoms with Gasteiger partial charge in [-0.2, -0.15) is 0 Å². The first-order chi connectivity index (χ1) is 12.1. The van der Waals surface area contributed by atoms with Gasteiger partial charge in [-0.15, -0.1) is 0 Å². The summed E-state index contributed by atoms with van der Waals surface area (Å²) in [6.07, 6.45) is 1.95. The minimum atomic E-state index is -0.145. The van der Waals surface area contributed by atoms with Gasteiger partial charge in [0.1, 0.15) is 0 Å². The second-order valence-corrected chi connectivity index (χ2v) is 6.43. The molecular formula is C20H23N3O2. The van der Waals surface area contributed by atoms with Crippen molar-refractivity contribution in [3.05, 3.63) is 59.7 Å². The number of anilines is 2. The van der Waals surface area contributed by atoms with Gasteiger partial charge in [0.15, 0.2) is 0 Å². The molecule has 25 heavy (non-hydrogen) atoms. The molecule has 0 bridgehead atoms. The Hall–Kier alpha value is -2.66. The second-order valence-electron chi connectivity index (χ2n) is 6.43. The molecule has 1 atom stereocenters. The first-order valence-electron chi connectivity index (χ1n) is 8.61. The van der Waals surface area contributed by atoms with Gasteiger partial charge < -0.3 is 16.0 Å². The lowest BCUT2D eigenvalue weighted by Crippen LogP contribution is -2.37. The van der Waals surface area contributed by atoms with Crippen LogP contribution in [-0.2, 0) is 4.79 Å². The van der Waals surface area contributed by atoms with Crippen LogP contribution in [0.5, 0.6) is 0 Å². The van der Waals surface area contributed by atoms with Crippen molar-refractivity contribution in [3.8, 4) is 0 Å². The number of piperidine rings is 1. The van der Waals surface area contributed by atoms with Crippen molar-refractivity contribution in [2.45, 2.75) is 19.8 Å². The van der Waals surface area contributed by atoms with Crippen molar-refractivity contribution >= 4 is 23.2 Å². The van der Waals surface area contributed by atoms with E-state index in [4.69, 9.17) is 0 Å². The van der Waals surface area contributed by atoms with Crippen LogP contribution < -0.4 is 16.0 Å². The Bertz CT molecular complexity index is 750. The fraction of sp³-hybridized carbons (Fsp3) is 0.300. The van der Waals surface area contributed by atoms with Crippen molar-refractivity contribution in [1.29, 1.82) is 0 Å². The summed E-state index contributed by atoms with van der Waals surface area (Å²) in [5.74, 6) is -0.0769. The van der Waals surface area contributed by atoms with Gasteiger partial charge in [0.05, 0.1) is 5.92 Å². The molecule has 2 aromatic carbocycles. The zero-order valence-corrected chi connectivity index (χ0v) is 14.3. The van der Waals surface area contributed by atoms with Gasteiger partial charge in [0.2, 0.25) is 5.91 Å². The molecule has 1 aliphatic heterocycles. The van der Waals surface area contributed by atoms with Crippen LogP contribution in [0.1, 0.15) is 28.8 Å². The molecule has 0 radical (unpaired) electrons. The lowest BCUT2D eigenvalue weighted by molar-refractivity contribution is -0.120. The molecule has 0 saturated carbocycles. The first-order valence-corrected chi connectivity index (χ1v) is 8.61. The van der Waals surface area contributed by atoms with Crippen LogP contribution in [0.15, 0.2) is 48.5 Å². The Balaban J connectivity index is 1.58. The maximum absolute atomic E-state index is 12.2. The summed E-state index contributed by atoms with van der Waals surface area (Å²) in [5.41, 5.74) is 3.11. The molecule has 1 unspecified atom stereocenters. The summed E-state index contributed by atoms with van der Waals surface area (Å²) < 4.78 is 0. The Morgan fingerprint density at radius 3 is 2.40 bits per heavy atom. The molecule has 0 aromatic heterocycles. The topological polar surface area (TPSA) is 70.2 Å². The highest BCUT2D eigenvalue weighted by Gasteiger charge is 2.20. The van der Waals surface area contributed by atoms with Crippen molar-refractivity contribution in [2.75, 3.05) is 23.7 Å². The van der Waals surface area contributed by atoms with Crippen LogP contribution in [0.25, 0.3) is 0 Å². The van der Waals surface area contributed by atoms with Crippen LogP contribution in [0.3, 0.4) is 0 Å². The lowest BCUT2D eigenvalue weighted by atomic mass is 9.99. The summed E-state index contributed by atoms with van der Waals surface area (Å²) in [6, 6.07) is 14.7. The Kier molecular flexibility index (Phi) is 5.46. The molecule has 3 rings (SSSR count). The maximum Gasteiger partial charge on any atom is 0.255 e. The number of nitrogens with one attached hydrogen (secondary N) is 3. The molecule has 1 saturated heterocycles. The molecule has 5 nitrogen and oxygen atoms in total. The van der Waals surface area contributed by atoms with E-state index >= 15 is 0 Å². The number of rotatable bonds is 4. The van der Waals surface area contributed by atoms with Crippen molar-refractivity contribution < 1.29 is 9.59 Å². The molecule has 1 aliphatic rings. The van der Waals surface area contributed by atoms with Gasteiger partial charge in [-0.3, -0.25) is 9.59 Å². The third-order valence-electron chi connectivity index (χ3n) is 4.36. The van der Waals surface area contributed by atoms with E-state index < -0.39 is 0 Å². The SMILES string of the molecule is Cc1cccc(C(=O)Nc2ccc(NC(=O)C3CCCNC3)cc2)c1. The fourth-order valence-corrected chi connectivity index (χ4v) is 2.95. The summed E-state index contributed by atoms with van der Waals surface area (Å²) >= 11 is 0. The number of carbonyl (C=O) groups excluding carboxylic acids is 2. The molecule has 0 aliphatic carbocycles. The molecule has 1 heterocycles. The molecule has 0 spiro atoms. The monoisotopic (exact) mass is 337 g/mol. The van der Waals surface area contributed by atoms with Crippen molar-refractivity contribution in [1.82, 2.24) is 5.32 Å². The normalized spacial score (nSPS) is 16.9. The zero-order chi connectivity index (χ0) is 17.6. The number of aryl methyl sites for hydroxylation is 1. The molecule has 2 amide bonds. The first kappa shape index (κ1) is 17.2. The maximum atomic E-state index is 12.2. The number of amides is 2. The van der Waals surface area contributed by atoms with Gasteiger partial charge in [0.25, 0.3) is 5.91 Å². The lowest BCUT2D eigenvalue weighted by Gasteiger charge is -2.21.